The number of aliphatic hydroxyl groups is 1. The van der Waals surface area contributed by atoms with Crippen LogP contribution < -0.4 is 5.32 Å². The Morgan fingerprint density at radius 1 is 1.37 bits per heavy atom. The van der Waals surface area contributed by atoms with Gasteiger partial charge in [-0.2, -0.15) is 0 Å². The number of likely N-dealkylation sites (tertiary alicyclic amines) is 2. The number of nitrogens with one attached hydrogen (secondary N) is 1. The molecule has 1 aromatic carbocycles. The molecule has 0 spiro atoms. The van der Waals surface area contributed by atoms with Crippen LogP contribution in [0.1, 0.15) is 31.2 Å². The van der Waals surface area contributed by atoms with Crippen molar-refractivity contribution in [1.82, 2.24) is 15.1 Å². The van der Waals surface area contributed by atoms with Crippen molar-refractivity contribution in [1.29, 1.82) is 0 Å². The Hall–Kier alpha value is -1.99. The summed E-state index contributed by atoms with van der Waals surface area (Å²) in [5.41, 5.74) is -0.140. The minimum Gasteiger partial charge on any atom is -0.388 e. The maximum atomic E-state index is 13.4. The second kappa shape index (κ2) is 8.35. The average molecular weight is 377 g/mol. The highest BCUT2D eigenvalue weighted by Gasteiger charge is 2.34. The summed E-state index contributed by atoms with van der Waals surface area (Å²) >= 11 is 0. The smallest absolute Gasteiger partial charge is 0.225 e. The van der Waals surface area contributed by atoms with E-state index in [0.717, 1.165) is 13.1 Å². The lowest BCUT2D eigenvalue weighted by Gasteiger charge is -2.37. The molecule has 148 valence electrons. The van der Waals surface area contributed by atoms with E-state index in [1.54, 1.807) is 17.0 Å². The molecule has 0 saturated carbocycles. The molecule has 2 aliphatic heterocycles. The van der Waals surface area contributed by atoms with Gasteiger partial charge in [-0.15, -0.1) is 0 Å². The molecule has 1 aromatic rings. The van der Waals surface area contributed by atoms with Gasteiger partial charge in [-0.25, -0.2) is 4.39 Å². The van der Waals surface area contributed by atoms with Crippen LogP contribution in [0.5, 0.6) is 0 Å². The summed E-state index contributed by atoms with van der Waals surface area (Å²) in [5, 5.41) is 13.5. The summed E-state index contributed by atoms with van der Waals surface area (Å²) in [5.74, 6) is -0.778. The van der Waals surface area contributed by atoms with Crippen LogP contribution >= 0.6 is 0 Å². The zero-order valence-electron chi connectivity index (χ0n) is 15.8. The number of piperidine rings is 2. The van der Waals surface area contributed by atoms with Crippen LogP contribution in [0.25, 0.3) is 0 Å². The standard InChI is InChI=1S/C20H28FN3O3/c1-23-9-7-20(27,8-10-23)14-22-19(26)16-5-6-18(25)24(13-16)12-15-3-2-4-17(21)11-15/h2-4,11,16,27H,5-10,12-14H2,1H3,(H,22,26)/t16-/m1/s1. The van der Waals surface area contributed by atoms with Crippen molar-refractivity contribution in [2.75, 3.05) is 33.2 Å². The first-order valence-corrected chi connectivity index (χ1v) is 9.55. The number of halogens is 1. The molecule has 2 amide bonds. The molecule has 2 fully saturated rings. The maximum absolute atomic E-state index is 13.4. The van der Waals surface area contributed by atoms with Crippen molar-refractivity contribution >= 4 is 11.8 Å². The van der Waals surface area contributed by atoms with Crippen LogP contribution in [0.15, 0.2) is 24.3 Å². The second-order valence-electron chi connectivity index (χ2n) is 7.89. The number of hydrogen-bond donors (Lipinski definition) is 2. The van der Waals surface area contributed by atoms with E-state index in [4.69, 9.17) is 0 Å². The Balaban J connectivity index is 1.53. The van der Waals surface area contributed by atoms with Crippen molar-refractivity contribution in [2.24, 2.45) is 5.92 Å². The summed E-state index contributed by atoms with van der Waals surface area (Å²) in [6.45, 7) is 2.49. The first-order valence-electron chi connectivity index (χ1n) is 9.55. The zero-order chi connectivity index (χ0) is 19.4. The first-order chi connectivity index (χ1) is 12.8. The predicted octanol–water partition coefficient (Wildman–Crippen LogP) is 1.14. The highest BCUT2D eigenvalue weighted by Crippen LogP contribution is 2.23. The fourth-order valence-corrected chi connectivity index (χ4v) is 3.74. The van der Waals surface area contributed by atoms with E-state index >= 15 is 0 Å². The van der Waals surface area contributed by atoms with Crippen LogP contribution in [-0.4, -0.2) is 65.5 Å². The van der Waals surface area contributed by atoms with Crippen molar-refractivity contribution in [3.63, 3.8) is 0 Å². The van der Waals surface area contributed by atoms with Crippen LogP contribution in [-0.2, 0) is 16.1 Å². The lowest BCUT2D eigenvalue weighted by Crippen LogP contribution is -2.52. The summed E-state index contributed by atoms with van der Waals surface area (Å²) < 4.78 is 13.4. The lowest BCUT2D eigenvalue weighted by atomic mass is 9.90. The number of carbonyl (C=O) groups excluding carboxylic acids is 2. The van der Waals surface area contributed by atoms with Crippen molar-refractivity contribution in [3.8, 4) is 0 Å². The summed E-state index contributed by atoms with van der Waals surface area (Å²) in [7, 11) is 2.02. The van der Waals surface area contributed by atoms with E-state index in [-0.39, 0.29) is 30.1 Å². The number of benzene rings is 1. The topological polar surface area (TPSA) is 72.9 Å². The number of rotatable bonds is 5. The summed E-state index contributed by atoms with van der Waals surface area (Å²) in [6, 6.07) is 6.17. The molecular formula is C20H28FN3O3. The van der Waals surface area contributed by atoms with Gasteiger partial charge >= 0.3 is 0 Å². The molecule has 1 atom stereocenters. The number of nitrogens with zero attached hydrogens (tertiary/aromatic N) is 2. The molecule has 0 bridgehead atoms. The second-order valence-corrected chi connectivity index (χ2v) is 7.89. The van der Waals surface area contributed by atoms with Crippen molar-refractivity contribution in [3.05, 3.63) is 35.6 Å². The zero-order valence-corrected chi connectivity index (χ0v) is 15.8. The van der Waals surface area contributed by atoms with E-state index in [2.05, 4.69) is 10.2 Å². The molecule has 3 rings (SSSR count). The molecule has 2 N–H and O–H groups in total. The molecule has 27 heavy (non-hydrogen) atoms. The van der Waals surface area contributed by atoms with Gasteiger partial charge in [0.05, 0.1) is 11.5 Å². The highest BCUT2D eigenvalue weighted by molar-refractivity contribution is 5.83. The molecule has 0 aliphatic carbocycles. The Morgan fingerprint density at radius 3 is 2.81 bits per heavy atom. The number of hydrogen-bond acceptors (Lipinski definition) is 4. The molecule has 6 nitrogen and oxygen atoms in total. The van der Waals surface area contributed by atoms with Crippen LogP contribution in [0.4, 0.5) is 4.39 Å². The largest absolute Gasteiger partial charge is 0.388 e. The van der Waals surface area contributed by atoms with E-state index in [1.165, 1.54) is 12.1 Å². The number of amides is 2. The van der Waals surface area contributed by atoms with Crippen LogP contribution in [0.3, 0.4) is 0 Å². The Labute approximate surface area is 159 Å². The maximum Gasteiger partial charge on any atom is 0.225 e. The predicted molar refractivity (Wildman–Crippen MR) is 99.2 cm³/mol. The number of carbonyl (C=O) groups is 2. The molecule has 0 unspecified atom stereocenters. The van der Waals surface area contributed by atoms with Crippen molar-refractivity contribution in [2.45, 2.75) is 37.8 Å². The Bertz CT molecular complexity index is 689. The van der Waals surface area contributed by atoms with Gasteiger partial charge in [0.1, 0.15) is 5.82 Å². The van der Waals surface area contributed by atoms with Gasteiger partial charge in [0, 0.05) is 39.1 Å². The fraction of sp³-hybridized carbons (Fsp3) is 0.600. The molecule has 2 heterocycles. The van der Waals surface area contributed by atoms with E-state index in [1.807, 2.05) is 7.05 Å². The SMILES string of the molecule is CN1CCC(O)(CNC(=O)[C@@H]2CCC(=O)N(Cc3cccc(F)c3)C2)CC1. The molecule has 0 radical (unpaired) electrons. The van der Waals surface area contributed by atoms with Gasteiger partial charge in [0.15, 0.2) is 0 Å². The van der Waals surface area contributed by atoms with Gasteiger partial charge in [-0.3, -0.25) is 9.59 Å². The molecule has 2 saturated heterocycles. The summed E-state index contributed by atoms with van der Waals surface area (Å²) in [6.07, 6.45) is 2.09. The van der Waals surface area contributed by atoms with Crippen LogP contribution in [0.2, 0.25) is 0 Å². The van der Waals surface area contributed by atoms with E-state index in [0.29, 0.717) is 44.3 Å². The van der Waals surface area contributed by atoms with Gasteiger partial charge in [0.25, 0.3) is 0 Å². The highest BCUT2D eigenvalue weighted by atomic mass is 19.1. The molecule has 2 aliphatic rings. The molecule has 0 aromatic heterocycles. The quantitative estimate of drug-likeness (QED) is 0.807. The van der Waals surface area contributed by atoms with Crippen LogP contribution in [0, 0.1) is 11.7 Å². The Morgan fingerprint density at radius 2 is 2.11 bits per heavy atom. The van der Waals surface area contributed by atoms with Gasteiger partial charge in [0.2, 0.25) is 11.8 Å². The normalized spacial score (nSPS) is 23.3. The third-order valence-electron chi connectivity index (χ3n) is 5.64. The van der Waals surface area contributed by atoms with E-state index < -0.39 is 5.60 Å². The fourth-order valence-electron chi connectivity index (χ4n) is 3.74. The molecular weight excluding hydrogens is 349 g/mol. The minimum atomic E-state index is -0.853. The lowest BCUT2D eigenvalue weighted by molar-refractivity contribution is -0.139. The van der Waals surface area contributed by atoms with Gasteiger partial charge in [-0.05, 0) is 44.0 Å². The first kappa shape index (κ1) is 19.8. The minimum absolute atomic E-state index is 0.0164. The van der Waals surface area contributed by atoms with E-state index in [9.17, 15) is 19.1 Å². The third-order valence-corrected chi connectivity index (χ3v) is 5.64. The van der Waals surface area contributed by atoms with Crippen molar-refractivity contribution < 1.29 is 19.1 Å². The molecule has 7 heteroatoms. The monoisotopic (exact) mass is 377 g/mol. The average Bonchev–Trinajstić information content (AvgIpc) is 2.64. The van der Waals surface area contributed by atoms with Gasteiger partial charge in [-0.1, -0.05) is 12.1 Å². The third kappa shape index (κ3) is 5.26. The Kier molecular flexibility index (Phi) is 6.11. The van der Waals surface area contributed by atoms with Gasteiger partial charge < -0.3 is 20.2 Å². The summed E-state index contributed by atoms with van der Waals surface area (Å²) in [4.78, 5) is 28.5.